The summed E-state index contributed by atoms with van der Waals surface area (Å²) < 4.78 is 29.2. The SMILES string of the molecule is COC(=O)c1ccc2c(c1)nc1n2CC[C@H]2[C@@H]1[C@H](c1cccc(Cl)c1F)[C@H](C(=O)Nc1cccc(Cl)c1)N2CCOC(C)(C)C. The van der Waals surface area contributed by atoms with Gasteiger partial charge in [0.25, 0.3) is 0 Å². The van der Waals surface area contributed by atoms with Crippen molar-refractivity contribution >= 4 is 51.8 Å². The molecule has 1 N–H and O–H groups in total. The van der Waals surface area contributed by atoms with Crippen LogP contribution in [0.5, 0.6) is 0 Å². The van der Waals surface area contributed by atoms with E-state index in [9.17, 15) is 9.59 Å². The van der Waals surface area contributed by atoms with Crippen molar-refractivity contribution in [3.63, 3.8) is 0 Å². The second-order valence-corrected chi connectivity index (χ2v) is 13.4. The van der Waals surface area contributed by atoms with Crippen molar-refractivity contribution in [2.75, 3.05) is 25.6 Å². The maximum Gasteiger partial charge on any atom is 0.337 e. The van der Waals surface area contributed by atoms with Gasteiger partial charge in [0.05, 0.1) is 47.0 Å². The summed E-state index contributed by atoms with van der Waals surface area (Å²) in [7, 11) is 1.34. The van der Waals surface area contributed by atoms with Crippen LogP contribution in [0.3, 0.4) is 0 Å². The molecule has 236 valence electrons. The Labute approximate surface area is 271 Å². The minimum atomic E-state index is -0.785. The minimum absolute atomic E-state index is 0.0143. The first-order valence-electron chi connectivity index (χ1n) is 15.0. The van der Waals surface area contributed by atoms with E-state index in [1.807, 2.05) is 26.8 Å². The fourth-order valence-electron chi connectivity index (χ4n) is 6.88. The fraction of sp³-hybridized carbons (Fsp3) is 0.382. The van der Waals surface area contributed by atoms with Gasteiger partial charge in [0, 0.05) is 41.7 Å². The highest BCUT2D eigenvalue weighted by Crippen LogP contribution is 2.52. The normalized spacial score (nSPS) is 21.4. The Morgan fingerprint density at radius 1 is 1.07 bits per heavy atom. The van der Waals surface area contributed by atoms with Gasteiger partial charge in [0.15, 0.2) is 0 Å². The average Bonchev–Trinajstić information content (AvgIpc) is 3.53. The molecular weight excluding hydrogens is 618 g/mol. The molecule has 1 saturated heterocycles. The molecule has 2 aliphatic heterocycles. The first-order valence-corrected chi connectivity index (χ1v) is 15.7. The Balaban J connectivity index is 1.50. The predicted octanol–water partition coefficient (Wildman–Crippen LogP) is 7.05. The van der Waals surface area contributed by atoms with Gasteiger partial charge in [-0.15, -0.1) is 0 Å². The number of methoxy groups -OCH3 is 1. The largest absolute Gasteiger partial charge is 0.465 e. The summed E-state index contributed by atoms with van der Waals surface area (Å²) >= 11 is 12.6. The molecule has 0 radical (unpaired) electrons. The van der Waals surface area contributed by atoms with Crippen LogP contribution in [0.25, 0.3) is 11.0 Å². The molecule has 2 aliphatic rings. The molecule has 0 saturated carbocycles. The highest BCUT2D eigenvalue weighted by atomic mass is 35.5. The molecule has 0 bridgehead atoms. The summed E-state index contributed by atoms with van der Waals surface area (Å²) in [5, 5.41) is 3.51. The van der Waals surface area contributed by atoms with Crippen molar-refractivity contribution in [1.29, 1.82) is 0 Å². The van der Waals surface area contributed by atoms with Gasteiger partial charge in [-0.25, -0.2) is 14.2 Å². The number of rotatable bonds is 7. The Kier molecular flexibility index (Phi) is 8.65. The van der Waals surface area contributed by atoms with Crippen LogP contribution >= 0.6 is 23.2 Å². The highest BCUT2D eigenvalue weighted by molar-refractivity contribution is 6.31. The van der Waals surface area contributed by atoms with Gasteiger partial charge in [0.2, 0.25) is 5.91 Å². The van der Waals surface area contributed by atoms with Crippen LogP contribution < -0.4 is 5.32 Å². The van der Waals surface area contributed by atoms with Gasteiger partial charge in [0.1, 0.15) is 11.6 Å². The number of carbonyl (C=O) groups excluding carboxylic acids is 2. The summed E-state index contributed by atoms with van der Waals surface area (Å²) in [6.07, 6.45) is 0.691. The minimum Gasteiger partial charge on any atom is -0.465 e. The van der Waals surface area contributed by atoms with E-state index in [2.05, 4.69) is 14.8 Å². The number of hydrogen-bond donors (Lipinski definition) is 1. The molecule has 4 atom stereocenters. The molecule has 0 unspecified atom stereocenters. The lowest BCUT2D eigenvalue weighted by atomic mass is 9.78. The molecule has 0 aliphatic carbocycles. The van der Waals surface area contributed by atoms with Gasteiger partial charge in [-0.3, -0.25) is 9.69 Å². The average molecular weight is 654 g/mol. The van der Waals surface area contributed by atoms with Crippen LogP contribution in [0.15, 0.2) is 60.7 Å². The first-order chi connectivity index (χ1) is 21.5. The zero-order chi connectivity index (χ0) is 32.0. The first kappa shape index (κ1) is 31.5. The number of fused-ring (bicyclic) bond motifs is 5. The molecule has 11 heteroatoms. The van der Waals surface area contributed by atoms with Gasteiger partial charge >= 0.3 is 5.97 Å². The number of amides is 1. The van der Waals surface area contributed by atoms with E-state index < -0.39 is 23.7 Å². The van der Waals surface area contributed by atoms with E-state index in [-0.39, 0.29) is 28.5 Å². The van der Waals surface area contributed by atoms with Crippen molar-refractivity contribution in [1.82, 2.24) is 14.5 Å². The Morgan fingerprint density at radius 2 is 1.84 bits per heavy atom. The van der Waals surface area contributed by atoms with Crippen LogP contribution in [0, 0.1) is 5.82 Å². The topological polar surface area (TPSA) is 85.7 Å². The van der Waals surface area contributed by atoms with E-state index in [0.717, 1.165) is 11.3 Å². The number of nitrogens with one attached hydrogen (secondary N) is 1. The lowest BCUT2D eigenvalue weighted by molar-refractivity contribution is -0.121. The second kappa shape index (κ2) is 12.4. The quantitative estimate of drug-likeness (QED) is 0.215. The molecule has 1 fully saturated rings. The van der Waals surface area contributed by atoms with Gasteiger partial charge in [-0.1, -0.05) is 41.4 Å². The second-order valence-electron chi connectivity index (χ2n) is 12.5. The molecule has 45 heavy (non-hydrogen) atoms. The number of nitrogens with zero attached hydrogens (tertiary/aromatic N) is 3. The van der Waals surface area contributed by atoms with E-state index in [0.29, 0.717) is 53.5 Å². The number of esters is 1. The van der Waals surface area contributed by atoms with Crippen molar-refractivity contribution in [2.24, 2.45) is 0 Å². The number of ether oxygens (including phenoxy) is 2. The number of aryl methyl sites for hydroxylation is 1. The fourth-order valence-corrected chi connectivity index (χ4v) is 7.25. The maximum absolute atomic E-state index is 16.0. The smallest absolute Gasteiger partial charge is 0.337 e. The third-order valence-electron chi connectivity index (χ3n) is 8.66. The summed E-state index contributed by atoms with van der Waals surface area (Å²) in [5.74, 6) is -1.58. The number of likely N-dealkylation sites (tertiary alicyclic amines) is 1. The molecule has 0 spiro atoms. The van der Waals surface area contributed by atoms with Crippen molar-refractivity contribution < 1.29 is 23.5 Å². The lowest BCUT2D eigenvalue weighted by Crippen LogP contribution is -2.47. The van der Waals surface area contributed by atoms with E-state index in [1.165, 1.54) is 13.2 Å². The van der Waals surface area contributed by atoms with E-state index >= 15 is 4.39 Å². The number of hydrogen-bond acceptors (Lipinski definition) is 6. The van der Waals surface area contributed by atoms with Crippen LogP contribution in [0.2, 0.25) is 10.0 Å². The van der Waals surface area contributed by atoms with E-state index in [4.69, 9.17) is 37.7 Å². The number of imidazole rings is 1. The van der Waals surface area contributed by atoms with Crippen LogP contribution in [-0.4, -0.2) is 64.3 Å². The van der Waals surface area contributed by atoms with Crippen LogP contribution in [0.1, 0.15) is 60.8 Å². The van der Waals surface area contributed by atoms with Crippen molar-refractivity contribution in [3.8, 4) is 0 Å². The number of carbonyl (C=O) groups is 2. The zero-order valence-corrected chi connectivity index (χ0v) is 27.0. The van der Waals surface area contributed by atoms with Gasteiger partial charge in [-0.2, -0.15) is 0 Å². The highest BCUT2D eigenvalue weighted by Gasteiger charge is 2.56. The van der Waals surface area contributed by atoms with Crippen LogP contribution in [0.4, 0.5) is 10.1 Å². The van der Waals surface area contributed by atoms with Gasteiger partial charge in [-0.05, 0) is 75.2 Å². The van der Waals surface area contributed by atoms with E-state index in [1.54, 1.807) is 48.5 Å². The van der Waals surface area contributed by atoms with Gasteiger partial charge < -0.3 is 19.4 Å². The molecule has 3 aromatic carbocycles. The number of anilines is 1. The standard InChI is InChI=1S/C34H35Cl2FN4O4/c1-34(2,3)45-16-15-40-26-13-14-41-25-12-11-19(33(43)44-4)17-24(25)39-31(41)28(26)27(22-9-6-10-23(36)29(22)37)30(40)32(42)38-21-8-5-7-20(35)18-21/h5-12,17-18,26-28,30H,13-16H2,1-4H3,(H,38,42)/t26-,27-,28+,30+/m0/s1. The predicted molar refractivity (Wildman–Crippen MR) is 173 cm³/mol. The lowest BCUT2D eigenvalue weighted by Gasteiger charge is -2.34. The number of aromatic nitrogens is 2. The monoisotopic (exact) mass is 652 g/mol. The van der Waals surface area contributed by atoms with Crippen LogP contribution in [-0.2, 0) is 20.8 Å². The summed E-state index contributed by atoms with van der Waals surface area (Å²) in [4.78, 5) is 33.9. The molecule has 8 nitrogen and oxygen atoms in total. The Hall–Kier alpha value is -3.50. The number of benzene rings is 3. The number of halogens is 3. The Bertz CT molecular complexity index is 1770. The third kappa shape index (κ3) is 6.06. The summed E-state index contributed by atoms with van der Waals surface area (Å²) in [5.41, 5.74) is 2.39. The molecular formula is C34H35Cl2FN4O4. The summed E-state index contributed by atoms with van der Waals surface area (Å²) in [6.45, 7) is 7.40. The Morgan fingerprint density at radius 3 is 2.58 bits per heavy atom. The van der Waals surface area contributed by atoms with Crippen molar-refractivity contribution in [2.45, 2.75) is 63.3 Å². The zero-order valence-electron chi connectivity index (χ0n) is 25.5. The van der Waals surface area contributed by atoms with Crippen molar-refractivity contribution in [3.05, 3.63) is 93.5 Å². The molecule has 3 heterocycles. The maximum atomic E-state index is 16.0. The summed E-state index contributed by atoms with van der Waals surface area (Å²) in [6, 6.07) is 16.2. The molecule has 4 aromatic rings. The molecule has 1 amide bonds. The molecule has 1 aromatic heterocycles. The third-order valence-corrected chi connectivity index (χ3v) is 9.18. The molecule has 6 rings (SSSR count).